The van der Waals surface area contributed by atoms with E-state index < -0.39 is 35.1 Å². The van der Waals surface area contributed by atoms with Gasteiger partial charge in [-0.05, 0) is 22.8 Å². The molecule has 5 rings (SSSR count). The fourth-order valence-corrected chi connectivity index (χ4v) is 9.26. The molecule has 0 saturated heterocycles. The van der Waals surface area contributed by atoms with E-state index in [1.54, 1.807) is 37.3 Å². The third-order valence-corrected chi connectivity index (χ3v) is 10.9. The van der Waals surface area contributed by atoms with Gasteiger partial charge in [-0.1, -0.05) is 128 Å². The molecule has 6 heteroatoms. The molecule has 5 nitrogen and oxygen atoms in total. The van der Waals surface area contributed by atoms with Crippen molar-refractivity contribution >= 4 is 34.6 Å². The minimum atomic E-state index is -3.13. The zero-order valence-corrected chi connectivity index (χ0v) is 22.1. The van der Waals surface area contributed by atoms with Crippen molar-refractivity contribution in [2.45, 2.75) is 13.3 Å². The van der Waals surface area contributed by atoms with Crippen LogP contribution in [-0.2, 0) is 4.79 Å². The van der Waals surface area contributed by atoms with Gasteiger partial charge in [-0.3, -0.25) is 19.2 Å². The van der Waals surface area contributed by atoms with Gasteiger partial charge in [0.2, 0.25) is 16.6 Å². The van der Waals surface area contributed by atoms with Crippen molar-refractivity contribution < 1.29 is 14.3 Å². The highest BCUT2D eigenvalue weighted by atomic mass is 31.2. The van der Waals surface area contributed by atoms with Crippen LogP contribution in [0.15, 0.2) is 131 Å². The molecular formula is C33H25O5P. The fraction of sp³-hybridized carbons (Fsp3) is 0.0606. The van der Waals surface area contributed by atoms with Crippen LogP contribution >= 0.6 is 6.89 Å². The molecule has 39 heavy (non-hydrogen) atoms. The lowest BCUT2D eigenvalue weighted by Gasteiger charge is -2.28. The van der Waals surface area contributed by atoms with Crippen LogP contribution in [0.5, 0.6) is 5.75 Å². The van der Waals surface area contributed by atoms with E-state index in [-0.39, 0.29) is 22.7 Å². The molecule has 0 aliphatic rings. The predicted molar refractivity (Wildman–Crippen MR) is 156 cm³/mol. The molecule has 5 aromatic carbocycles. The zero-order chi connectivity index (χ0) is 27.4. The second-order valence-corrected chi connectivity index (χ2v) is 12.2. The third kappa shape index (κ3) is 4.52. The van der Waals surface area contributed by atoms with E-state index in [1.165, 1.54) is 0 Å². The highest BCUT2D eigenvalue weighted by Crippen LogP contribution is 2.49. The van der Waals surface area contributed by atoms with E-state index in [2.05, 4.69) is 0 Å². The predicted octanol–water partition coefficient (Wildman–Crippen LogP) is 4.36. The second kappa shape index (κ2) is 11.0. The zero-order valence-electron chi connectivity index (χ0n) is 21.2. The van der Waals surface area contributed by atoms with Gasteiger partial charge in [0.1, 0.15) is 5.56 Å². The Labute approximate surface area is 225 Å². The van der Waals surface area contributed by atoms with Crippen molar-refractivity contribution in [3.05, 3.63) is 158 Å². The van der Waals surface area contributed by atoms with E-state index in [4.69, 9.17) is 4.74 Å². The number of benzene rings is 4. The quantitative estimate of drug-likeness (QED) is 0.135. The van der Waals surface area contributed by atoms with Gasteiger partial charge in [0, 0.05) is 12.0 Å². The molecule has 0 spiro atoms. The van der Waals surface area contributed by atoms with Crippen LogP contribution in [0, 0.1) is 4.94 Å². The number of carbonyl (C=O) groups is 2. The minimum Gasteiger partial charge on any atom is -0.425 e. The van der Waals surface area contributed by atoms with E-state index in [9.17, 15) is 19.2 Å². The number of rotatable bonds is 7. The maximum Gasteiger partial charge on any atom is 0.310 e. The van der Waals surface area contributed by atoms with Crippen LogP contribution in [0.2, 0.25) is 0 Å². The Kier molecular flexibility index (Phi) is 7.36. The van der Waals surface area contributed by atoms with Gasteiger partial charge in [-0.15, -0.1) is 0 Å². The lowest BCUT2D eigenvalue weighted by Crippen LogP contribution is -2.30. The summed E-state index contributed by atoms with van der Waals surface area (Å²) < 4.78 is 5.81. The summed E-state index contributed by atoms with van der Waals surface area (Å²) in [6.07, 6.45) is -0.000572. The molecule has 0 fully saturated rings. The summed E-state index contributed by atoms with van der Waals surface area (Å²) in [7, 11) is 0. The minimum absolute atomic E-state index is 0.000572. The number of esters is 1. The average Bonchev–Trinajstić information content (AvgIpc) is 3.24. The summed E-state index contributed by atoms with van der Waals surface area (Å²) in [5.74, 6) is -1.54. The lowest BCUT2D eigenvalue weighted by atomic mass is 10.1. The van der Waals surface area contributed by atoms with Crippen molar-refractivity contribution in [3.63, 3.8) is 0 Å². The van der Waals surface area contributed by atoms with E-state index in [0.29, 0.717) is 0 Å². The summed E-state index contributed by atoms with van der Waals surface area (Å²) in [5.41, 5.74) is -1.99. The Morgan fingerprint density at radius 2 is 1.03 bits per heavy atom. The third-order valence-electron chi connectivity index (χ3n) is 6.62. The number of ketones is 1. The Bertz CT molecular complexity index is 1720. The maximum atomic E-state index is 14.2. The molecular weight excluding hydrogens is 507 g/mol. The molecule has 0 saturated carbocycles. The second-order valence-electron chi connectivity index (χ2n) is 8.91. The first-order chi connectivity index (χ1) is 19.0. The fourth-order valence-electron chi connectivity index (χ4n) is 4.87. The standard InChI is InChI=1S/C33H25O5P/c1-2-27(34)38-32-28(29(35)23-15-7-3-8-16-23)30(36)31(37)33(32)39(24-17-9-4-10-18-24,25-19-11-5-12-20-25)26-21-13-6-14-22-26/h3-22H,2H2,1H3. The van der Waals surface area contributed by atoms with Gasteiger partial charge in [0.25, 0.3) is 0 Å². The van der Waals surface area contributed by atoms with Crippen LogP contribution < -0.4 is 31.5 Å². The van der Waals surface area contributed by atoms with Crippen molar-refractivity contribution in [1.82, 2.24) is 0 Å². The van der Waals surface area contributed by atoms with Crippen molar-refractivity contribution in [1.29, 1.82) is 0 Å². The highest BCUT2D eigenvalue weighted by Gasteiger charge is 2.35. The molecule has 0 amide bonds. The molecule has 0 aliphatic heterocycles. The van der Waals surface area contributed by atoms with Gasteiger partial charge in [0.05, 0.1) is 4.94 Å². The summed E-state index contributed by atoms with van der Waals surface area (Å²) in [4.78, 5) is 54.5. The van der Waals surface area contributed by atoms with Gasteiger partial charge in [0.15, 0.2) is 5.75 Å². The smallest absolute Gasteiger partial charge is 0.310 e. The molecule has 0 heterocycles. The molecule has 0 bridgehead atoms. The summed E-state index contributed by atoms with van der Waals surface area (Å²) >= 11 is 0. The maximum absolute atomic E-state index is 14.2. The molecule has 0 N–H and O–H groups in total. The largest absolute Gasteiger partial charge is 0.425 e. The summed E-state index contributed by atoms with van der Waals surface area (Å²) in [6.45, 7) is -1.51. The molecule has 0 unspecified atom stereocenters. The van der Waals surface area contributed by atoms with Crippen LogP contribution in [0.25, 0.3) is 0 Å². The molecule has 0 atom stereocenters. The average molecular weight is 533 g/mol. The van der Waals surface area contributed by atoms with Crippen molar-refractivity contribution in [2.24, 2.45) is 0 Å². The summed E-state index contributed by atoms with van der Waals surface area (Å²) in [6, 6.07) is 36.5. The molecule has 192 valence electrons. The Morgan fingerprint density at radius 3 is 1.44 bits per heavy atom. The van der Waals surface area contributed by atoms with Gasteiger partial charge < -0.3 is 4.74 Å². The first-order valence-electron chi connectivity index (χ1n) is 12.6. The topological polar surface area (TPSA) is 77.5 Å². The number of hydrogen-bond donors (Lipinski definition) is 0. The molecule has 0 aromatic heterocycles. The van der Waals surface area contributed by atoms with Crippen LogP contribution in [0.4, 0.5) is 0 Å². The van der Waals surface area contributed by atoms with Gasteiger partial charge in [-0.2, -0.15) is 0 Å². The normalized spacial score (nSPS) is 11.2. The Morgan fingerprint density at radius 1 is 0.615 bits per heavy atom. The van der Waals surface area contributed by atoms with Gasteiger partial charge >= 0.3 is 5.97 Å². The first kappa shape index (κ1) is 26.0. The SMILES string of the molecule is CCC(=O)Oc1c(C(=O)c2ccccc2)c(=O)c(=O)c1=P(c1ccccc1)(c1ccccc1)c1ccccc1. The van der Waals surface area contributed by atoms with Crippen LogP contribution in [0.1, 0.15) is 29.3 Å². The van der Waals surface area contributed by atoms with Crippen LogP contribution in [0.3, 0.4) is 0 Å². The van der Waals surface area contributed by atoms with Crippen molar-refractivity contribution in [3.8, 4) is 5.75 Å². The molecule has 5 aromatic rings. The monoisotopic (exact) mass is 532 g/mol. The summed E-state index contributed by atoms with van der Waals surface area (Å²) in [5, 5.41) is 2.37. The highest BCUT2D eigenvalue weighted by molar-refractivity contribution is 7.89. The number of hydrogen-bond acceptors (Lipinski definition) is 5. The van der Waals surface area contributed by atoms with E-state index in [1.807, 2.05) is 91.0 Å². The molecule has 0 radical (unpaired) electrons. The van der Waals surface area contributed by atoms with E-state index in [0.717, 1.165) is 15.9 Å². The first-order valence-corrected chi connectivity index (χ1v) is 14.4. The molecule has 0 aliphatic carbocycles. The Balaban J connectivity index is 2.12. The van der Waals surface area contributed by atoms with Crippen molar-refractivity contribution in [2.75, 3.05) is 0 Å². The van der Waals surface area contributed by atoms with Crippen LogP contribution in [-0.4, -0.2) is 11.8 Å². The number of carbonyl (C=O) groups excluding carboxylic acids is 2. The number of ether oxygens (including phenoxy) is 1. The Hall–Kier alpha value is -4.60. The van der Waals surface area contributed by atoms with Gasteiger partial charge in [-0.25, -0.2) is 0 Å². The van der Waals surface area contributed by atoms with E-state index >= 15 is 0 Å². The lowest BCUT2D eigenvalue weighted by molar-refractivity contribution is -0.134.